The maximum atomic E-state index is 13.2. The molecule has 0 saturated heterocycles. The summed E-state index contributed by atoms with van der Waals surface area (Å²) in [4.78, 5) is 215. The summed E-state index contributed by atoms with van der Waals surface area (Å²) in [6.07, 6.45) is 12.7. The van der Waals surface area contributed by atoms with Crippen molar-refractivity contribution in [3.63, 3.8) is 0 Å². The van der Waals surface area contributed by atoms with Crippen molar-refractivity contribution in [2.45, 2.75) is 282 Å². The topological polar surface area (TPSA) is 810 Å². The molecule has 0 aromatic heterocycles. The van der Waals surface area contributed by atoms with Crippen LogP contribution >= 0.6 is 0 Å². The molecule has 0 spiro atoms. The number of rotatable bonds is 69. The summed E-state index contributed by atoms with van der Waals surface area (Å²) in [5.74, 6) is -8.95. The molecule has 45 heteroatoms. The molecule has 39 N–H and O–H groups in total. The number of hydrogen-bond acceptors (Lipinski definition) is 24. The number of carbonyl (C=O) groups excluding carboxylic acids is 17. The lowest BCUT2D eigenvalue weighted by Crippen LogP contribution is -2.56. The average molecular weight is 1870 g/mol. The minimum Gasteiger partial charge on any atom is -0.370 e. The first kappa shape index (κ1) is 126. The molecule has 748 valence electrons. The van der Waals surface area contributed by atoms with Gasteiger partial charge in [-0.2, -0.15) is 0 Å². The van der Waals surface area contributed by atoms with E-state index in [2.05, 4.69) is 125 Å². The summed E-state index contributed by atoms with van der Waals surface area (Å²) < 4.78 is 0. The second-order valence-electron chi connectivity index (χ2n) is 31.8. The van der Waals surface area contributed by atoms with Gasteiger partial charge in [0.25, 0.3) is 0 Å². The summed E-state index contributed by atoms with van der Waals surface area (Å²) in [7, 11) is 0. The van der Waals surface area contributed by atoms with Gasteiger partial charge in [0.15, 0.2) is 11.9 Å². The molecule has 0 aromatic carbocycles. The number of nitrogens with one attached hydrogen (secondary N) is 13. The van der Waals surface area contributed by atoms with Gasteiger partial charge in [0, 0.05) is 71.7 Å². The molecule has 0 rings (SSSR count). The Morgan fingerprint density at radius 1 is 0.212 bits per heavy atom. The Hall–Kier alpha value is -12.5. The van der Waals surface area contributed by atoms with E-state index in [9.17, 15) is 81.5 Å². The van der Waals surface area contributed by atoms with Gasteiger partial charge in [-0.25, -0.2) is 0 Å². The minimum absolute atomic E-state index is 0.111. The van der Waals surface area contributed by atoms with Crippen LogP contribution in [0.2, 0.25) is 0 Å². The third-order valence-electron chi connectivity index (χ3n) is 19.1. The van der Waals surface area contributed by atoms with E-state index in [4.69, 9.17) is 74.5 Å². The fraction of sp³-hybridized carbons (Fsp3) is 0.621. The Morgan fingerprint density at radius 2 is 0.371 bits per heavy atom. The van der Waals surface area contributed by atoms with Crippen molar-refractivity contribution in [2.24, 2.45) is 84.5 Å². The predicted octanol–water partition coefficient (Wildman–Crippen LogP) is -4.01. The van der Waals surface area contributed by atoms with Gasteiger partial charge in [0.1, 0.15) is 60.4 Å². The zero-order valence-electron chi connectivity index (χ0n) is 78.7. The summed E-state index contributed by atoms with van der Waals surface area (Å²) in [6, 6.07) is -9.20. The van der Waals surface area contributed by atoms with Crippen molar-refractivity contribution in [3.8, 4) is 0 Å². The Bertz CT molecular complexity index is 3840. The van der Waals surface area contributed by atoms with E-state index < -0.39 is 143 Å². The maximum absolute atomic E-state index is 13.2. The van der Waals surface area contributed by atoms with Crippen molar-refractivity contribution < 1.29 is 81.5 Å². The van der Waals surface area contributed by atoms with Crippen molar-refractivity contribution in [3.05, 3.63) is 85.1 Å². The highest BCUT2D eigenvalue weighted by Crippen LogP contribution is 2.13. The van der Waals surface area contributed by atoms with Crippen molar-refractivity contribution >= 4 is 112 Å². The molecule has 0 saturated carbocycles. The third kappa shape index (κ3) is 64.3. The summed E-state index contributed by atoms with van der Waals surface area (Å²) in [5.41, 5.74) is 72.8. The number of nitrogens with zero attached hydrogens (tertiary/aromatic N) is 2. The Balaban J connectivity index is -0.000000844. The highest BCUT2D eigenvalue weighted by atomic mass is 16.2. The smallest absolute Gasteiger partial charge is 0.246 e. The van der Waals surface area contributed by atoms with Gasteiger partial charge in [-0.1, -0.05) is 46.1 Å². The second-order valence-corrected chi connectivity index (χ2v) is 31.8. The Morgan fingerprint density at radius 3 is 0.553 bits per heavy atom. The number of aliphatic imine (C=N–C) groups is 2. The number of unbranched alkanes of at least 4 members (excludes halogenated alkanes) is 7. The van der Waals surface area contributed by atoms with E-state index in [1.807, 2.05) is 0 Å². The fourth-order valence-electron chi connectivity index (χ4n) is 11.3. The third-order valence-corrected chi connectivity index (χ3v) is 19.1. The molecule has 0 aliphatic heterocycles. The van der Waals surface area contributed by atoms with Crippen molar-refractivity contribution in [2.75, 3.05) is 65.4 Å². The largest absolute Gasteiger partial charge is 0.370 e. The monoisotopic (exact) mass is 1870 g/mol. The zero-order chi connectivity index (χ0) is 102. The first-order valence-corrected chi connectivity index (χ1v) is 44.3. The second kappa shape index (κ2) is 75.2. The van der Waals surface area contributed by atoms with Gasteiger partial charge in [-0.15, -0.1) is 0 Å². The highest BCUT2D eigenvalue weighted by Gasteiger charge is 2.33. The molecule has 45 nitrogen and oxygen atoms in total. The van der Waals surface area contributed by atoms with E-state index in [0.717, 1.165) is 12.8 Å². The molecule has 17 amide bonds. The van der Waals surface area contributed by atoms with Gasteiger partial charge in [0.05, 0.1) is 0 Å². The quantitative estimate of drug-likeness (QED) is 0.0119. The van der Waals surface area contributed by atoms with E-state index >= 15 is 0 Å². The summed E-state index contributed by atoms with van der Waals surface area (Å²) in [5, 5.41) is 34.3. The lowest BCUT2D eigenvalue weighted by molar-refractivity contribution is -0.133. The number of nitrogens with two attached hydrogens (primary N) is 13. The summed E-state index contributed by atoms with van der Waals surface area (Å²) >= 11 is 0. The number of guanidine groups is 2. The van der Waals surface area contributed by atoms with Crippen LogP contribution in [0.3, 0.4) is 0 Å². The van der Waals surface area contributed by atoms with Crippen molar-refractivity contribution in [1.29, 1.82) is 0 Å². The Labute approximate surface area is 776 Å². The van der Waals surface area contributed by atoms with Crippen LogP contribution in [0.15, 0.2) is 95.0 Å². The predicted molar refractivity (Wildman–Crippen MR) is 510 cm³/mol. The standard InChI is InChI=1S/C26H47N11O5.C25H45N7O5.C20H35N5O4.C16H31N5O3/c1-15(2)21(39)32-12-6-5-9-17(20(27)38)35-23(41)19(11-8-14-34-26(30)31)37-24(42)18(36-22(40)16(3)4)10-7-13-33-25(28)29;1-16(2)22(34)29-15-9-12-18(21(28)33)30-24(36)20(11-6-8-14-27)32-25(37)19(10-5-7-13-26)31-23(35)17(3)4;1-13(2)18(27)23-12-8-6-9-15(17(22)26)24-20(29)16(10-5-7-11-21)25-19(28)14(3)4;1-11(2)15(23)21-13(8-4-6-10-18)16(24)20-12(14(19)22)7-3-5-9-17/h17-19H,1,3,5-14H2,2,4H3,(H2,27,38)(H,32,39)(H,35,41)(H,36,40)(H,37,42)(H4,28,29,33)(H4,30,31,34);18-20H,1,3,5-15,26-27H2,2,4H3,(H2,28,33)(H,29,34)(H,30,36)(H,31,35)(H,32,37);15-16H,1,3,5-12,21H2,2,4H3,(H2,22,26)(H,23,27)(H,24,29)(H,25,28);12-13H,1,3-10,17-18H2,2H3,(H2,19,22)(H,20,24)(H,21,23). The van der Waals surface area contributed by atoms with E-state index in [1.54, 1.807) is 34.6 Å². The number of amides is 17. The number of primary amides is 4. The SMILES string of the molecule is C=C(C)C(=O)NC(CCCCN)C(=O)NC(CCCCN)C(N)=O.C=C(C)C(=O)NCCCC(NC(=O)C(CCCCN)NC(=O)C(CCCCN)NC(=O)C(=C)C)C(N)=O.C=C(C)C(=O)NCCCCC(NC(=O)C(CCCCN)NC(=O)C(=C)C)C(N)=O.C=C(C)C(=O)NCCCCC(NC(=O)C(CCCN=C(N)N)NC(=O)C(CCCN=C(N)N)NC(=O)C(=C)C)C(N)=O. The minimum atomic E-state index is -1.11. The molecule has 10 atom stereocenters. The van der Waals surface area contributed by atoms with Crippen molar-refractivity contribution in [1.82, 2.24) is 69.1 Å². The maximum Gasteiger partial charge on any atom is 0.246 e. The van der Waals surface area contributed by atoms with Crippen LogP contribution < -0.4 is 144 Å². The molecule has 0 bridgehead atoms. The highest BCUT2D eigenvalue weighted by molar-refractivity contribution is 6.01. The van der Waals surface area contributed by atoms with Gasteiger partial charge in [-0.3, -0.25) is 91.5 Å². The molecule has 0 radical (unpaired) electrons. The van der Waals surface area contributed by atoms with E-state index in [-0.39, 0.29) is 98.1 Å². The molecule has 0 aliphatic rings. The molecule has 0 aromatic rings. The molecular weight excluding hydrogens is 1710 g/mol. The van der Waals surface area contributed by atoms with Crippen LogP contribution in [0, 0.1) is 0 Å². The van der Waals surface area contributed by atoms with Gasteiger partial charge in [0.2, 0.25) is 100 Å². The van der Waals surface area contributed by atoms with Gasteiger partial charge >= 0.3 is 0 Å². The Kier molecular flexibility index (Phi) is 71.7. The van der Waals surface area contributed by atoms with Crippen LogP contribution in [0.25, 0.3) is 0 Å². The molecule has 0 aliphatic carbocycles. The summed E-state index contributed by atoms with van der Waals surface area (Å²) in [6.45, 7) is 39.7. The number of hydrogen-bond donors (Lipinski definition) is 26. The van der Waals surface area contributed by atoms with Crippen LogP contribution in [-0.2, 0) is 81.5 Å². The lowest BCUT2D eigenvalue weighted by Gasteiger charge is -2.25. The normalized spacial score (nSPS) is 12.7. The number of carbonyl (C=O) groups is 17. The molecule has 132 heavy (non-hydrogen) atoms. The fourth-order valence-corrected chi connectivity index (χ4v) is 11.3. The first-order chi connectivity index (χ1) is 62.0. The molecule has 0 heterocycles. The van der Waals surface area contributed by atoms with Crippen LogP contribution in [0.4, 0.5) is 0 Å². The molecule has 0 fully saturated rings. The van der Waals surface area contributed by atoms with E-state index in [1.165, 1.54) is 13.8 Å². The zero-order valence-corrected chi connectivity index (χ0v) is 78.7. The molecule has 10 unspecified atom stereocenters. The van der Waals surface area contributed by atoms with Gasteiger partial charge in [-0.05, 0) is 255 Å². The average Bonchev–Trinajstić information content (AvgIpc) is 0.874. The van der Waals surface area contributed by atoms with E-state index in [0.29, 0.717) is 197 Å². The van der Waals surface area contributed by atoms with Gasteiger partial charge < -0.3 is 144 Å². The van der Waals surface area contributed by atoms with Crippen LogP contribution in [0.5, 0.6) is 0 Å². The molecular formula is C87H158N28O17. The van der Waals surface area contributed by atoms with Crippen LogP contribution in [-0.4, -0.2) is 238 Å². The first-order valence-electron chi connectivity index (χ1n) is 44.3. The lowest BCUT2D eigenvalue weighted by atomic mass is 10.0. The van der Waals surface area contributed by atoms with Crippen LogP contribution in [0.1, 0.15) is 222 Å².